The van der Waals surface area contributed by atoms with Crippen LogP contribution in [0.2, 0.25) is 5.02 Å². The summed E-state index contributed by atoms with van der Waals surface area (Å²) in [5.41, 5.74) is 7.58. The number of nitrogen functional groups attached to an aromatic ring is 1. The summed E-state index contributed by atoms with van der Waals surface area (Å²) in [7, 11) is 0. The van der Waals surface area contributed by atoms with Crippen LogP contribution in [-0.4, -0.2) is 15.0 Å². The minimum absolute atomic E-state index is 0.00773. The van der Waals surface area contributed by atoms with E-state index in [1.54, 1.807) is 10.7 Å². The Labute approximate surface area is 109 Å². The number of aromatic nitrogens is 3. The fourth-order valence-corrected chi connectivity index (χ4v) is 2.76. The fourth-order valence-electron chi connectivity index (χ4n) is 2.46. The van der Waals surface area contributed by atoms with Crippen LogP contribution in [0, 0.1) is 5.82 Å². The molecule has 1 aromatic heterocycles. The van der Waals surface area contributed by atoms with E-state index in [9.17, 15) is 4.39 Å². The SMILES string of the molecule is Nc1nnn2c1CCCC2c1ccc(F)cc1Cl. The highest BCUT2D eigenvalue weighted by molar-refractivity contribution is 6.31. The molecule has 0 saturated heterocycles. The molecule has 0 saturated carbocycles. The van der Waals surface area contributed by atoms with Gasteiger partial charge >= 0.3 is 0 Å². The van der Waals surface area contributed by atoms with E-state index in [1.165, 1.54) is 12.1 Å². The second kappa shape index (κ2) is 4.24. The smallest absolute Gasteiger partial charge is 0.169 e. The molecule has 4 nitrogen and oxygen atoms in total. The van der Waals surface area contributed by atoms with Crippen molar-refractivity contribution in [3.63, 3.8) is 0 Å². The third-order valence-electron chi connectivity index (χ3n) is 3.33. The Balaban J connectivity index is 2.08. The molecule has 2 N–H and O–H groups in total. The van der Waals surface area contributed by atoms with Gasteiger partial charge in [-0.25, -0.2) is 9.07 Å². The van der Waals surface area contributed by atoms with Gasteiger partial charge in [0, 0.05) is 5.02 Å². The molecule has 1 aliphatic rings. The minimum Gasteiger partial charge on any atom is -0.381 e. The molecule has 3 rings (SSSR count). The molecule has 0 bridgehead atoms. The van der Waals surface area contributed by atoms with E-state index in [1.807, 2.05) is 0 Å². The molecule has 1 atom stereocenters. The van der Waals surface area contributed by atoms with Gasteiger partial charge in [-0.1, -0.05) is 22.9 Å². The number of nitrogens with zero attached hydrogens (tertiary/aromatic N) is 3. The van der Waals surface area contributed by atoms with E-state index in [2.05, 4.69) is 10.3 Å². The van der Waals surface area contributed by atoms with Crippen LogP contribution in [-0.2, 0) is 6.42 Å². The van der Waals surface area contributed by atoms with Gasteiger partial charge in [0.05, 0.1) is 11.7 Å². The van der Waals surface area contributed by atoms with Gasteiger partial charge in [0.1, 0.15) is 5.82 Å². The van der Waals surface area contributed by atoms with Gasteiger partial charge in [0.15, 0.2) is 5.82 Å². The summed E-state index contributed by atoms with van der Waals surface area (Å²) in [6, 6.07) is 4.43. The van der Waals surface area contributed by atoms with Crippen LogP contribution in [0.5, 0.6) is 0 Å². The summed E-state index contributed by atoms with van der Waals surface area (Å²) >= 11 is 6.10. The van der Waals surface area contributed by atoms with E-state index < -0.39 is 0 Å². The molecular formula is C12H12ClFN4. The molecular weight excluding hydrogens is 255 g/mol. The Morgan fingerprint density at radius 3 is 3.06 bits per heavy atom. The van der Waals surface area contributed by atoms with Gasteiger partial charge in [-0.15, -0.1) is 5.10 Å². The second-order valence-electron chi connectivity index (χ2n) is 4.44. The van der Waals surface area contributed by atoms with Crippen molar-refractivity contribution in [3.8, 4) is 0 Å². The zero-order valence-electron chi connectivity index (χ0n) is 9.61. The quantitative estimate of drug-likeness (QED) is 0.863. The van der Waals surface area contributed by atoms with Crippen LogP contribution in [0.3, 0.4) is 0 Å². The fraction of sp³-hybridized carbons (Fsp3) is 0.333. The molecule has 94 valence electrons. The highest BCUT2D eigenvalue weighted by Crippen LogP contribution is 2.35. The maximum atomic E-state index is 13.1. The van der Waals surface area contributed by atoms with Crippen molar-refractivity contribution in [1.82, 2.24) is 15.0 Å². The first-order chi connectivity index (χ1) is 8.66. The van der Waals surface area contributed by atoms with Crippen LogP contribution in [0.1, 0.15) is 30.1 Å². The van der Waals surface area contributed by atoms with Gasteiger partial charge < -0.3 is 5.73 Å². The molecule has 2 aromatic rings. The molecule has 0 radical (unpaired) electrons. The number of halogens is 2. The average Bonchev–Trinajstić information content (AvgIpc) is 2.72. The van der Waals surface area contributed by atoms with E-state index in [4.69, 9.17) is 17.3 Å². The molecule has 1 aromatic carbocycles. The lowest BCUT2D eigenvalue weighted by Crippen LogP contribution is -2.20. The summed E-state index contributed by atoms with van der Waals surface area (Å²) in [6.45, 7) is 0. The zero-order valence-corrected chi connectivity index (χ0v) is 10.4. The third kappa shape index (κ3) is 1.75. The molecule has 0 spiro atoms. The average molecular weight is 267 g/mol. The first-order valence-electron chi connectivity index (χ1n) is 5.81. The van der Waals surface area contributed by atoms with E-state index in [-0.39, 0.29) is 11.9 Å². The Morgan fingerprint density at radius 2 is 2.28 bits per heavy atom. The monoisotopic (exact) mass is 266 g/mol. The number of hydrogen-bond acceptors (Lipinski definition) is 3. The van der Waals surface area contributed by atoms with Crippen molar-refractivity contribution >= 4 is 17.4 Å². The van der Waals surface area contributed by atoms with Gasteiger partial charge in [-0.05, 0) is 37.0 Å². The van der Waals surface area contributed by atoms with Gasteiger partial charge in [-0.3, -0.25) is 0 Å². The highest BCUT2D eigenvalue weighted by atomic mass is 35.5. The van der Waals surface area contributed by atoms with Gasteiger partial charge in [0.2, 0.25) is 0 Å². The van der Waals surface area contributed by atoms with Crippen LogP contribution in [0.15, 0.2) is 18.2 Å². The number of fused-ring (bicyclic) bond motifs is 1. The predicted molar refractivity (Wildman–Crippen MR) is 66.9 cm³/mol. The third-order valence-corrected chi connectivity index (χ3v) is 3.66. The van der Waals surface area contributed by atoms with Crippen molar-refractivity contribution in [2.75, 3.05) is 5.73 Å². The second-order valence-corrected chi connectivity index (χ2v) is 4.85. The molecule has 0 aliphatic carbocycles. The van der Waals surface area contributed by atoms with Crippen molar-refractivity contribution in [3.05, 3.63) is 40.3 Å². The molecule has 0 fully saturated rings. The number of hydrogen-bond donors (Lipinski definition) is 1. The lowest BCUT2D eigenvalue weighted by Gasteiger charge is -2.24. The first-order valence-corrected chi connectivity index (χ1v) is 6.19. The van der Waals surface area contributed by atoms with Crippen LogP contribution in [0.4, 0.5) is 10.2 Å². The van der Waals surface area contributed by atoms with Crippen molar-refractivity contribution in [1.29, 1.82) is 0 Å². The molecule has 2 heterocycles. The van der Waals surface area contributed by atoms with Crippen molar-refractivity contribution in [2.45, 2.75) is 25.3 Å². The highest BCUT2D eigenvalue weighted by Gasteiger charge is 2.26. The lowest BCUT2D eigenvalue weighted by molar-refractivity contribution is 0.409. The maximum absolute atomic E-state index is 13.1. The summed E-state index contributed by atoms with van der Waals surface area (Å²) in [6.07, 6.45) is 2.77. The van der Waals surface area contributed by atoms with Crippen LogP contribution < -0.4 is 5.73 Å². The maximum Gasteiger partial charge on any atom is 0.169 e. The topological polar surface area (TPSA) is 56.7 Å². The normalized spacial score (nSPS) is 18.7. The number of benzene rings is 1. The van der Waals surface area contributed by atoms with Gasteiger partial charge in [0.25, 0.3) is 0 Å². The first kappa shape index (κ1) is 11.5. The Kier molecular flexibility index (Phi) is 2.70. The number of anilines is 1. The van der Waals surface area contributed by atoms with Gasteiger partial charge in [-0.2, -0.15) is 0 Å². The number of nitrogens with two attached hydrogens (primary N) is 1. The molecule has 1 aliphatic heterocycles. The van der Waals surface area contributed by atoms with E-state index >= 15 is 0 Å². The van der Waals surface area contributed by atoms with Crippen LogP contribution in [0.25, 0.3) is 0 Å². The van der Waals surface area contributed by atoms with Crippen molar-refractivity contribution in [2.24, 2.45) is 0 Å². The predicted octanol–water partition coefficient (Wildman–Crippen LogP) is 2.58. The lowest BCUT2D eigenvalue weighted by atomic mass is 9.96. The molecule has 18 heavy (non-hydrogen) atoms. The zero-order chi connectivity index (χ0) is 12.7. The largest absolute Gasteiger partial charge is 0.381 e. The number of rotatable bonds is 1. The summed E-state index contributed by atoms with van der Waals surface area (Å²) < 4.78 is 14.9. The molecule has 1 unspecified atom stereocenters. The Morgan fingerprint density at radius 1 is 1.44 bits per heavy atom. The van der Waals surface area contributed by atoms with E-state index in [0.29, 0.717) is 10.8 Å². The Bertz CT molecular complexity index is 596. The summed E-state index contributed by atoms with van der Waals surface area (Å²) in [5.74, 6) is 0.135. The van der Waals surface area contributed by atoms with Crippen LogP contribution >= 0.6 is 11.6 Å². The minimum atomic E-state index is -0.335. The summed E-state index contributed by atoms with van der Waals surface area (Å²) in [5, 5.41) is 8.38. The summed E-state index contributed by atoms with van der Waals surface area (Å²) in [4.78, 5) is 0. The van der Waals surface area contributed by atoms with E-state index in [0.717, 1.165) is 30.5 Å². The molecule has 0 amide bonds. The van der Waals surface area contributed by atoms with Crippen molar-refractivity contribution < 1.29 is 4.39 Å². The molecule has 6 heteroatoms. The Hall–Kier alpha value is -1.62. The standard InChI is InChI=1S/C12H12ClFN4/c13-9-6-7(14)4-5-8(9)10-2-1-3-11-12(15)16-17-18(10)11/h4-6,10H,1-3,15H2.